The van der Waals surface area contributed by atoms with Crippen LogP contribution < -0.4 is 4.90 Å². The van der Waals surface area contributed by atoms with E-state index >= 15 is 0 Å². The summed E-state index contributed by atoms with van der Waals surface area (Å²) in [5.74, 6) is 0. The Labute approximate surface area is 104 Å². The molecule has 0 unspecified atom stereocenters. The average molecular weight is 224 g/mol. The normalized spacial score (nSPS) is 10.5. The zero-order valence-electron chi connectivity index (χ0n) is 10.4. The first kappa shape index (κ1) is 11.7. The van der Waals surface area contributed by atoms with Crippen molar-refractivity contribution in [3.63, 3.8) is 0 Å². The Morgan fingerprint density at radius 1 is 0.824 bits per heavy atom. The summed E-state index contributed by atoms with van der Waals surface area (Å²) >= 11 is 0. The molecule has 1 heteroatoms. The minimum atomic E-state index is 1.05. The molecule has 2 aromatic rings. The van der Waals surface area contributed by atoms with E-state index in [9.17, 15) is 0 Å². The number of hydrogen-bond donors (Lipinski definition) is 0. The van der Waals surface area contributed by atoms with Crippen molar-refractivity contribution >= 4 is 11.4 Å². The summed E-state index contributed by atoms with van der Waals surface area (Å²) in [5.41, 5.74) is 2.44. The lowest BCUT2D eigenvalue weighted by Crippen LogP contribution is -2.20. The number of nitrogens with zero attached hydrogens (tertiary/aromatic N) is 1. The van der Waals surface area contributed by atoms with E-state index in [0.717, 1.165) is 6.42 Å². The van der Waals surface area contributed by atoms with Gasteiger partial charge in [0, 0.05) is 11.4 Å². The smallest absolute Gasteiger partial charge is 0.0652 e. The molecule has 0 bridgehead atoms. The van der Waals surface area contributed by atoms with Crippen LogP contribution in [0.15, 0.2) is 60.7 Å². The van der Waals surface area contributed by atoms with Crippen LogP contribution in [0.1, 0.15) is 20.3 Å². The lowest BCUT2D eigenvalue weighted by Gasteiger charge is -2.30. The van der Waals surface area contributed by atoms with Crippen LogP contribution in [0, 0.1) is 6.04 Å². The first-order chi connectivity index (χ1) is 8.33. The van der Waals surface area contributed by atoms with Gasteiger partial charge in [0.25, 0.3) is 0 Å². The van der Waals surface area contributed by atoms with Gasteiger partial charge in [0.05, 0.1) is 6.04 Å². The Morgan fingerprint density at radius 3 is 1.59 bits per heavy atom. The van der Waals surface area contributed by atoms with E-state index in [4.69, 9.17) is 0 Å². The molecule has 0 aliphatic carbocycles. The Hall–Kier alpha value is -1.76. The molecule has 0 aliphatic rings. The molecule has 0 aromatic heterocycles. The molecule has 1 radical (unpaired) electrons. The molecule has 87 valence electrons. The molecular weight excluding hydrogens is 206 g/mol. The van der Waals surface area contributed by atoms with Gasteiger partial charge in [-0.3, -0.25) is 0 Å². The summed E-state index contributed by atoms with van der Waals surface area (Å²) in [6, 6.07) is 22.3. The maximum absolute atomic E-state index is 2.31. The maximum Gasteiger partial charge on any atom is 0.0652 e. The van der Waals surface area contributed by atoms with Crippen LogP contribution in [0.25, 0.3) is 0 Å². The summed E-state index contributed by atoms with van der Waals surface area (Å²) in [4.78, 5) is 2.31. The van der Waals surface area contributed by atoms with E-state index in [1.54, 1.807) is 0 Å². The summed E-state index contributed by atoms with van der Waals surface area (Å²) in [6.45, 7) is 4.37. The zero-order valence-corrected chi connectivity index (χ0v) is 10.4. The van der Waals surface area contributed by atoms with Crippen molar-refractivity contribution in [1.29, 1.82) is 0 Å². The van der Waals surface area contributed by atoms with Gasteiger partial charge in [0.15, 0.2) is 0 Å². The van der Waals surface area contributed by atoms with Crippen LogP contribution >= 0.6 is 0 Å². The molecule has 17 heavy (non-hydrogen) atoms. The van der Waals surface area contributed by atoms with Crippen LogP contribution in [0.3, 0.4) is 0 Å². The van der Waals surface area contributed by atoms with Crippen molar-refractivity contribution in [1.82, 2.24) is 0 Å². The molecule has 0 spiro atoms. The van der Waals surface area contributed by atoms with E-state index in [-0.39, 0.29) is 0 Å². The van der Waals surface area contributed by atoms with E-state index < -0.39 is 0 Å². The molecule has 0 amide bonds. The Kier molecular flexibility index (Phi) is 3.81. The molecule has 0 heterocycles. The second kappa shape index (κ2) is 5.53. The lowest BCUT2D eigenvalue weighted by atomic mass is 10.1. The first-order valence-electron chi connectivity index (χ1n) is 6.05. The Bertz CT molecular complexity index is 396. The number of anilines is 2. The maximum atomic E-state index is 2.31. The molecule has 0 saturated carbocycles. The quantitative estimate of drug-likeness (QED) is 0.722. The summed E-state index contributed by atoms with van der Waals surface area (Å²) in [6.07, 6.45) is 1.05. The van der Waals surface area contributed by atoms with E-state index in [1.807, 2.05) is 12.1 Å². The second-order valence-electron chi connectivity index (χ2n) is 4.10. The summed E-state index contributed by atoms with van der Waals surface area (Å²) < 4.78 is 0. The Balaban J connectivity index is 2.39. The van der Waals surface area contributed by atoms with Crippen molar-refractivity contribution < 1.29 is 0 Å². The third-order valence-electron chi connectivity index (χ3n) is 2.92. The average Bonchev–Trinajstić information content (AvgIpc) is 2.41. The van der Waals surface area contributed by atoms with Gasteiger partial charge in [-0.25, -0.2) is 0 Å². The van der Waals surface area contributed by atoms with Crippen molar-refractivity contribution in [3.05, 3.63) is 66.7 Å². The molecule has 0 saturated heterocycles. The molecular formula is C16H18N. The first-order valence-corrected chi connectivity index (χ1v) is 6.05. The van der Waals surface area contributed by atoms with Gasteiger partial charge < -0.3 is 4.90 Å². The van der Waals surface area contributed by atoms with Gasteiger partial charge in [0.1, 0.15) is 0 Å². The molecule has 1 nitrogen and oxygen atoms in total. The fourth-order valence-electron chi connectivity index (χ4n) is 1.90. The minimum Gasteiger partial charge on any atom is -0.333 e. The highest BCUT2D eigenvalue weighted by molar-refractivity contribution is 5.66. The third-order valence-corrected chi connectivity index (χ3v) is 2.92. The van der Waals surface area contributed by atoms with Crippen LogP contribution in [0.5, 0.6) is 0 Å². The van der Waals surface area contributed by atoms with Crippen LogP contribution in [0.4, 0.5) is 11.4 Å². The fourth-order valence-corrected chi connectivity index (χ4v) is 1.90. The highest BCUT2D eigenvalue weighted by Crippen LogP contribution is 2.31. The predicted molar refractivity (Wildman–Crippen MR) is 74.2 cm³/mol. The van der Waals surface area contributed by atoms with Gasteiger partial charge in [-0.1, -0.05) is 43.3 Å². The van der Waals surface area contributed by atoms with Crippen molar-refractivity contribution in [2.24, 2.45) is 0 Å². The molecule has 2 aromatic carbocycles. The second-order valence-corrected chi connectivity index (χ2v) is 4.10. The number of benzene rings is 2. The van der Waals surface area contributed by atoms with E-state index in [1.165, 1.54) is 17.4 Å². The minimum absolute atomic E-state index is 1.05. The summed E-state index contributed by atoms with van der Waals surface area (Å²) in [7, 11) is 0. The SMILES string of the molecule is CC[C](C)N(c1ccccc1)c1ccccc1. The van der Waals surface area contributed by atoms with Crippen molar-refractivity contribution in [3.8, 4) is 0 Å². The number of rotatable bonds is 4. The molecule has 0 N–H and O–H groups in total. The molecule has 0 aliphatic heterocycles. The van der Waals surface area contributed by atoms with Crippen LogP contribution in [-0.4, -0.2) is 0 Å². The standard InChI is InChI=1S/C16H18N/c1-3-14(2)17(15-10-6-4-7-11-15)16-12-8-5-9-13-16/h4-13H,3H2,1-2H3. The fraction of sp³-hybridized carbons (Fsp3) is 0.188. The Morgan fingerprint density at radius 2 is 1.24 bits per heavy atom. The van der Waals surface area contributed by atoms with Crippen molar-refractivity contribution in [2.45, 2.75) is 20.3 Å². The van der Waals surface area contributed by atoms with Crippen LogP contribution in [0.2, 0.25) is 0 Å². The number of hydrogen-bond acceptors (Lipinski definition) is 1. The zero-order chi connectivity index (χ0) is 12.1. The van der Waals surface area contributed by atoms with E-state index in [0.29, 0.717) is 0 Å². The summed E-state index contributed by atoms with van der Waals surface area (Å²) in [5, 5.41) is 0. The lowest BCUT2D eigenvalue weighted by molar-refractivity contribution is 0.851. The monoisotopic (exact) mass is 224 g/mol. The molecule has 0 atom stereocenters. The highest BCUT2D eigenvalue weighted by Gasteiger charge is 2.15. The molecule has 2 rings (SSSR count). The largest absolute Gasteiger partial charge is 0.333 e. The molecule has 0 fully saturated rings. The topological polar surface area (TPSA) is 3.24 Å². The third kappa shape index (κ3) is 2.68. The van der Waals surface area contributed by atoms with Gasteiger partial charge >= 0.3 is 0 Å². The van der Waals surface area contributed by atoms with E-state index in [2.05, 4.69) is 67.3 Å². The van der Waals surface area contributed by atoms with Gasteiger partial charge in [-0.15, -0.1) is 0 Å². The van der Waals surface area contributed by atoms with Gasteiger partial charge in [0.2, 0.25) is 0 Å². The highest BCUT2D eigenvalue weighted by atomic mass is 15.2. The van der Waals surface area contributed by atoms with Crippen molar-refractivity contribution in [2.75, 3.05) is 4.90 Å². The van der Waals surface area contributed by atoms with Gasteiger partial charge in [-0.05, 0) is 37.6 Å². The predicted octanol–water partition coefficient (Wildman–Crippen LogP) is 4.79. The van der Waals surface area contributed by atoms with Gasteiger partial charge in [-0.2, -0.15) is 0 Å². The van der Waals surface area contributed by atoms with Crippen LogP contribution in [-0.2, 0) is 0 Å². The number of para-hydroxylation sites is 2.